The summed E-state index contributed by atoms with van der Waals surface area (Å²) in [5.41, 5.74) is 2.17. The number of hydrogen-bond acceptors (Lipinski definition) is 3. The normalized spacial score (nSPS) is 12.0. The van der Waals surface area contributed by atoms with Crippen molar-refractivity contribution in [3.63, 3.8) is 0 Å². The molecule has 1 amide bonds. The minimum absolute atomic E-state index is 0.0311. The molecule has 0 aliphatic rings. The number of carbonyl (C=O) groups excluding carboxylic acids is 1. The molecule has 2 N–H and O–H groups in total. The molecule has 4 heteroatoms. The zero-order valence-electron chi connectivity index (χ0n) is 10.5. The van der Waals surface area contributed by atoms with Gasteiger partial charge >= 0.3 is 0 Å². The number of hydrogen-bond donors (Lipinski definition) is 2. The molecule has 94 valence electrons. The van der Waals surface area contributed by atoms with Gasteiger partial charge in [-0.05, 0) is 32.4 Å². The van der Waals surface area contributed by atoms with Crippen LogP contribution in [0.4, 0.5) is 0 Å². The predicted molar refractivity (Wildman–Crippen MR) is 66.1 cm³/mol. The van der Waals surface area contributed by atoms with Gasteiger partial charge in [-0.15, -0.1) is 0 Å². The van der Waals surface area contributed by atoms with Gasteiger partial charge in [-0.3, -0.25) is 4.79 Å². The molecule has 0 radical (unpaired) electrons. The molecule has 0 saturated heterocycles. The molecule has 0 bridgehead atoms. The summed E-state index contributed by atoms with van der Waals surface area (Å²) in [5, 5.41) is 11.6. The van der Waals surface area contributed by atoms with Crippen LogP contribution in [-0.4, -0.2) is 30.3 Å². The molecule has 0 saturated carbocycles. The second-order valence-corrected chi connectivity index (χ2v) is 4.21. The third-order valence-electron chi connectivity index (χ3n) is 2.28. The van der Waals surface area contributed by atoms with Crippen LogP contribution in [0.25, 0.3) is 0 Å². The lowest BCUT2D eigenvalue weighted by molar-refractivity contribution is -0.123. The van der Waals surface area contributed by atoms with Crippen LogP contribution in [0.1, 0.15) is 18.1 Å². The van der Waals surface area contributed by atoms with Crippen molar-refractivity contribution in [1.29, 1.82) is 0 Å². The second-order valence-electron chi connectivity index (χ2n) is 4.21. The first-order valence-corrected chi connectivity index (χ1v) is 5.64. The Bertz CT molecular complexity index is 388. The molecule has 0 aromatic heterocycles. The lowest BCUT2D eigenvalue weighted by Crippen LogP contribution is -2.34. The molecule has 1 aromatic carbocycles. The molecule has 0 aliphatic carbocycles. The molecule has 4 nitrogen and oxygen atoms in total. The van der Waals surface area contributed by atoms with E-state index in [2.05, 4.69) is 5.32 Å². The molecule has 0 spiro atoms. The topological polar surface area (TPSA) is 58.6 Å². The van der Waals surface area contributed by atoms with E-state index in [0.29, 0.717) is 5.75 Å². The zero-order valence-corrected chi connectivity index (χ0v) is 10.5. The molecule has 1 atom stereocenters. The van der Waals surface area contributed by atoms with Crippen LogP contribution in [0.2, 0.25) is 0 Å². The van der Waals surface area contributed by atoms with Crippen molar-refractivity contribution in [3.05, 3.63) is 29.3 Å². The minimum atomic E-state index is -0.542. The molecular weight excluding hydrogens is 218 g/mol. The molecule has 1 aromatic rings. The fourth-order valence-corrected chi connectivity index (χ4v) is 1.42. The van der Waals surface area contributed by atoms with Crippen LogP contribution in [0, 0.1) is 13.8 Å². The van der Waals surface area contributed by atoms with E-state index in [9.17, 15) is 4.79 Å². The van der Waals surface area contributed by atoms with Crippen molar-refractivity contribution in [2.75, 3.05) is 13.2 Å². The largest absolute Gasteiger partial charge is 0.484 e. The first-order valence-electron chi connectivity index (χ1n) is 5.64. The van der Waals surface area contributed by atoms with Gasteiger partial charge in [0.25, 0.3) is 5.91 Å². The predicted octanol–water partition coefficient (Wildman–Crippen LogP) is 1.18. The van der Waals surface area contributed by atoms with Gasteiger partial charge in [-0.25, -0.2) is 0 Å². The van der Waals surface area contributed by atoms with Gasteiger partial charge in [0.1, 0.15) is 5.75 Å². The standard InChI is InChI=1S/C13H19NO3/c1-9-4-5-12(10(2)6-9)17-8-13(16)14-7-11(3)15/h4-6,11,15H,7-8H2,1-3H3,(H,14,16)/t11-/m1/s1. The van der Waals surface area contributed by atoms with Gasteiger partial charge in [0.2, 0.25) is 0 Å². The van der Waals surface area contributed by atoms with Crippen LogP contribution in [0.15, 0.2) is 18.2 Å². The fraction of sp³-hybridized carbons (Fsp3) is 0.462. The SMILES string of the molecule is Cc1ccc(OCC(=O)NC[C@@H](C)O)c(C)c1. The van der Waals surface area contributed by atoms with E-state index in [4.69, 9.17) is 9.84 Å². The van der Waals surface area contributed by atoms with E-state index < -0.39 is 6.10 Å². The maximum Gasteiger partial charge on any atom is 0.258 e. The molecule has 0 aliphatic heterocycles. The Hall–Kier alpha value is -1.55. The summed E-state index contributed by atoms with van der Waals surface area (Å²) in [6, 6.07) is 5.80. The van der Waals surface area contributed by atoms with Gasteiger partial charge in [-0.1, -0.05) is 17.7 Å². The molecule has 0 fully saturated rings. The maximum absolute atomic E-state index is 11.4. The van der Waals surface area contributed by atoms with Crippen molar-refractivity contribution in [2.45, 2.75) is 26.9 Å². The highest BCUT2D eigenvalue weighted by molar-refractivity contribution is 5.77. The van der Waals surface area contributed by atoms with Gasteiger partial charge in [0.05, 0.1) is 6.10 Å². The number of aryl methyl sites for hydroxylation is 2. The van der Waals surface area contributed by atoms with Crippen LogP contribution in [0.5, 0.6) is 5.75 Å². The molecule has 1 rings (SSSR count). The summed E-state index contributed by atoms with van der Waals surface area (Å²) in [4.78, 5) is 11.4. The van der Waals surface area contributed by atoms with Crippen molar-refractivity contribution in [3.8, 4) is 5.75 Å². The average molecular weight is 237 g/mol. The van der Waals surface area contributed by atoms with Gasteiger partial charge in [0.15, 0.2) is 6.61 Å². The Morgan fingerprint density at radius 2 is 2.18 bits per heavy atom. The summed E-state index contributed by atoms with van der Waals surface area (Å²) in [5.74, 6) is 0.480. The van der Waals surface area contributed by atoms with Crippen LogP contribution < -0.4 is 10.1 Å². The number of rotatable bonds is 5. The van der Waals surface area contributed by atoms with Crippen molar-refractivity contribution in [2.24, 2.45) is 0 Å². The van der Waals surface area contributed by atoms with E-state index in [1.165, 1.54) is 0 Å². The fourth-order valence-electron chi connectivity index (χ4n) is 1.42. The number of nitrogens with one attached hydrogen (secondary N) is 1. The quantitative estimate of drug-likeness (QED) is 0.808. The third-order valence-corrected chi connectivity index (χ3v) is 2.28. The van der Waals surface area contributed by atoms with Gasteiger partial charge in [0, 0.05) is 6.54 Å². The highest BCUT2D eigenvalue weighted by Gasteiger charge is 2.05. The lowest BCUT2D eigenvalue weighted by atomic mass is 10.1. The maximum atomic E-state index is 11.4. The van der Waals surface area contributed by atoms with E-state index in [1.807, 2.05) is 32.0 Å². The van der Waals surface area contributed by atoms with E-state index in [-0.39, 0.29) is 19.1 Å². The van der Waals surface area contributed by atoms with E-state index >= 15 is 0 Å². The number of benzene rings is 1. The highest BCUT2D eigenvalue weighted by Crippen LogP contribution is 2.18. The smallest absolute Gasteiger partial charge is 0.258 e. The Kier molecular flexibility index (Phi) is 4.97. The van der Waals surface area contributed by atoms with Gasteiger partial charge in [-0.2, -0.15) is 0 Å². The summed E-state index contributed by atoms with van der Waals surface area (Å²) < 4.78 is 5.39. The molecule has 17 heavy (non-hydrogen) atoms. The van der Waals surface area contributed by atoms with Crippen LogP contribution >= 0.6 is 0 Å². The third kappa shape index (κ3) is 4.87. The van der Waals surface area contributed by atoms with Gasteiger partial charge < -0.3 is 15.2 Å². The molecular formula is C13H19NO3. The second kappa shape index (κ2) is 6.25. The lowest BCUT2D eigenvalue weighted by Gasteiger charge is -2.10. The zero-order chi connectivity index (χ0) is 12.8. The highest BCUT2D eigenvalue weighted by atomic mass is 16.5. The Morgan fingerprint density at radius 3 is 2.76 bits per heavy atom. The monoisotopic (exact) mass is 237 g/mol. The van der Waals surface area contributed by atoms with Crippen LogP contribution in [0.3, 0.4) is 0 Å². The summed E-state index contributed by atoms with van der Waals surface area (Å²) in [7, 11) is 0. The van der Waals surface area contributed by atoms with E-state index in [1.54, 1.807) is 6.92 Å². The molecule has 0 unspecified atom stereocenters. The number of amides is 1. The number of carbonyl (C=O) groups is 1. The minimum Gasteiger partial charge on any atom is -0.484 e. The first-order chi connectivity index (χ1) is 7.99. The van der Waals surface area contributed by atoms with E-state index in [0.717, 1.165) is 11.1 Å². The Morgan fingerprint density at radius 1 is 1.47 bits per heavy atom. The summed E-state index contributed by atoms with van der Waals surface area (Å²) in [6.07, 6.45) is -0.542. The Balaban J connectivity index is 2.42. The number of aliphatic hydroxyl groups excluding tert-OH is 1. The number of aliphatic hydroxyl groups is 1. The van der Waals surface area contributed by atoms with Crippen molar-refractivity contribution >= 4 is 5.91 Å². The van der Waals surface area contributed by atoms with Crippen molar-refractivity contribution in [1.82, 2.24) is 5.32 Å². The van der Waals surface area contributed by atoms with Crippen molar-refractivity contribution < 1.29 is 14.6 Å². The first kappa shape index (κ1) is 13.5. The summed E-state index contributed by atoms with van der Waals surface area (Å²) in [6.45, 7) is 5.78. The average Bonchev–Trinajstić information content (AvgIpc) is 2.25. The summed E-state index contributed by atoms with van der Waals surface area (Å²) >= 11 is 0. The number of ether oxygens (including phenoxy) is 1. The molecule has 0 heterocycles. The van der Waals surface area contributed by atoms with Crippen LogP contribution in [-0.2, 0) is 4.79 Å². The Labute approximate surface area is 102 Å².